The predicted molar refractivity (Wildman–Crippen MR) is 75.0 cm³/mol. The van der Waals surface area contributed by atoms with Gasteiger partial charge in [0.2, 0.25) is 0 Å². The topological polar surface area (TPSA) is 35.5 Å². The van der Waals surface area contributed by atoms with E-state index in [4.69, 9.17) is 9.47 Å². The van der Waals surface area contributed by atoms with E-state index in [0.717, 1.165) is 0 Å². The quantitative estimate of drug-likeness (QED) is 0.786. The van der Waals surface area contributed by atoms with Crippen molar-refractivity contribution in [2.24, 2.45) is 0 Å². The lowest BCUT2D eigenvalue weighted by Gasteiger charge is -2.18. The van der Waals surface area contributed by atoms with Gasteiger partial charge >= 0.3 is 0 Å². The maximum atomic E-state index is 13.7. The summed E-state index contributed by atoms with van der Waals surface area (Å²) in [5.74, 6) is 0.175. The Morgan fingerprint density at radius 3 is 2.60 bits per heavy atom. The second kappa shape index (κ2) is 5.25. The minimum atomic E-state index is -0.548. The van der Waals surface area contributed by atoms with Gasteiger partial charge in [0.25, 0.3) is 0 Å². The Kier molecular flexibility index (Phi) is 3.44. The van der Waals surface area contributed by atoms with Gasteiger partial charge in [-0.25, -0.2) is 4.39 Å². The average molecular weight is 337 g/mol. The standard InChI is InChI=1S/C15H10BrFO3/c16-10-2-3-12(17)11(8-10)15(18)9-1-4-13-14(7-9)20-6-5-19-13/h1-4,7-8H,5-6H2. The van der Waals surface area contributed by atoms with Gasteiger partial charge in [-0.3, -0.25) is 4.79 Å². The summed E-state index contributed by atoms with van der Waals surface area (Å²) in [5.41, 5.74) is 0.391. The number of fused-ring (bicyclic) bond motifs is 1. The SMILES string of the molecule is O=C(c1ccc2c(c1)OCCO2)c1cc(Br)ccc1F. The van der Waals surface area contributed by atoms with E-state index in [2.05, 4.69) is 15.9 Å². The van der Waals surface area contributed by atoms with Crippen molar-refractivity contribution in [3.8, 4) is 11.5 Å². The fraction of sp³-hybridized carbons (Fsp3) is 0.133. The van der Waals surface area contributed by atoms with E-state index in [1.807, 2.05) is 0 Å². The molecule has 0 bridgehead atoms. The van der Waals surface area contributed by atoms with Crippen molar-refractivity contribution in [2.45, 2.75) is 0 Å². The lowest BCUT2D eigenvalue weighted by molar-refractivity contribution is 0.103. The van der Waals surface area contributed by atoms with Crippen LogP contribution in [0.3, 0.4) is 0 Å². The number of carbonyl (C=O) groups excluding carboxylic acids is 1. The summed E-state index contributed by atoms with van der Waals surface area (Å²) in [6, 6.07) is 9.13. The fourth-order valence-electron chi connectivity index (χ4n) is 2.01. The molecule has 3 rings (SSSR count). The molecule has 102 valence electrons. The summed E-state index contributed by atoms with van der Waals surface area (Å²) < 4.78 is 25.2. The molecular weight excluding hydrogens is 327 g/mol. The molecule has 0 unspecified atom stereocenters. The number of rotatable bonds is 2. The number of ketones is 1. The Morgan fingerprint density at radius 1 is 1.05 bits per heavy atom. The maximum Gasteiger partial charge on any atom is 0.196 e. The van der Waals surface area contributed by atoms with Crippen molar-refractivity contribution in [3.63, 3.8) is 0 Å². The van der Waals surface area contributed by atoms with Gasteiger partial charge < -0.3 is 9.47 Å². The first-order chi connectivity index (χ1) is 9.65. The van der Waals surface area contributed by atoms with Gasteiger partial charge in [0.1, 0.15) is 19.0 Å². The molecule has 0 aliphatic carbocycles. The van der Waals surface area contributed by atoms with Crippen LogP contribution < -0.4 is 9.47 Å². The largest absolute Gasteiger partial charge is 0.486 e. The number of ether oxygens (including phenoxy) is 2. The van der Waals surface area contributed by atoms with Gasteiger partial charge in [0.15, 0.2) is 17.3 Å². The number of hydrogen-bond donors (Lipinski definition) is 0. The second-order valence-corrected chi connectivity index (χ2v) is 5.23. The van der Waals surface area contributed by atoms with Crippen LogP contribution in [-0.2, 0) is 0 Å². The van der Waals surface area contributed by atoms with Crippen molar-refractivity contribution in [2.75, 3.05) is 13.2 Å². The fourth-order valence-corrected chi connectivity index (χ4v) is 2.37. The van der Waals surface area contributed by atoms with Crippen molar-refractivity contribution < 1.29 is 18.7 Å². The van der Waals surface area contributed by atoms with Crippen LogP contribution in [0.15, 0.2) is 40.9 Å². The van der Waals surface area contributed by atoms with Gasteiger partial charge in [0.05, 0.1) is 5.56 Å². The molecule has 0 spiro atoms. The molecule has 0 fully saturated rings. The Balaban J connectivity index is 2.00. The lowest BCUT2D eigenvalue weighted by atomic mass is 10.0. The molecule has 1 heterocycles. The highest BCUT2D eigenvalue weighted by molar-refractivity contribution is 9.10. The molecule has 1 aliphatic rings. The minimum absolute atomic E-state index is 0.0241. The molecule has 0 atom stereocenters. The van der Waals surface area contributed by atoms with Crippen LogP contribution in [0.25, 0.3) is 0 Å². The van der Waals surface area contributed by atoms with E-state index >= 15 is 0 Å². The molecule has 5 heteroatoms. The van der Waals surface area contributed by atoms with Gasteiger partial charge in [-0.1, -0.05) is 15.9 Å². The van der Waals surface area contributed by atoms with Crippen LogP contribution in [0.4, 0.5) is 4.39 Å². The maximum absolute atomic E-state index is 13.7. The highest BCUT2D eigenvalue weighted by Gasteiger charge is 2.18. The van der Waals surface area contributed by atoms with Crippen molar-refractivity contribution in [3.05, 3.63) is 57.8 Å². The molecule has 0 N–H and O–H groups in total. The van der Waals surface area contributed by atoms with Crippen LogP contribution >= 0.6 is 15.9 Å². The zero-order chi connectivity index (χ0) is 14.1. The Labute approximate surface area is 123 Å². The van der Waals surface area contributed by atoms with E-state index in [0.29, 0.717) is 34.7 Å². The van der Waals surface area contributed by atoms with Gasteiger partial charge in [-0.15, -0.1) is 0 Å². The Bertz CT molecular complexity index is 685. The number of halogens is 2. The minimum Gasteiger partial charge on any atom is -0.486 e. The van der Waals surface area contributed by atoms with Gasteiger partial charge in [-0.2, -0.15) is 0 Å². The third-order valence-electron chi connectivity index (χ3n) is 2.98. The molecule has 3 nitrogen and oxygen atoms in total. The molecule has 0 radical (unpaired) electrons. The Morgan fingerprint density at radius 2 is 1.80 bits per heavy atom. The van der Waals surface area contributed by atoms with E-state index in [1.165, 1.54) is 12.1 Å². The molecule has 2 aromatic rings. The van der Waals surface area contributed by atoms with Gasteiger partial charge in [0, 0.05) is 10.0 Å². The second-order valence-electron chi connectivity index (χ2n) is 4.31. The van der Waals surface area contributed by atoms with Crippen LogP contribution in [0.1, 0.15) is 15.9 Å². The third kappa shape index (κ3) is 2.41. The summed E-state index contributed by atoms with van der Waals surface area (Å²) in [5, 5.41) is 0. The zero-order valence-electron chi connectivity index (χ0n) is 10.4. The molecule has 0 aromatic heterocycles. The highest BCUT2D eigenvalue weighted by Crippen LogP contribution is 2.31. The summed E-state index contributed by atoms with van der Waals surface area (Å²) >= 11 is 3.23. The van der Waals surface area contributed by atoms with Crippen molar-refractivity contribution >= 4 is 21.7 Å². The first-order valence-corrected chi connectivity index (χ1v) is 6.84. The molecule has 2 aromatic carbocycles. The summed E-state index contributed by atoms with van der Waals surface area (Å²) in [6.07, 6.45) is 0. The summed E-state index contributed by atoms with van der Waals surface area (Å²) in [4.78, 5) is 12.3. The molecule has 1 aliphatic heterocycles. The molecule has 0 amide bonds. The predicted octanol–water partition coefficient (Wildman–Crippen LogP) is 3.59. The number of benzene rings is 2. The lowest BCUT2D eigenvalue weighted by Crippen LogP contribution is -2.16. The zero-order valence-corrected chi connectivity index (χ0v) is 11.9. The van der Waals surface area contributed by atoms with E-state index < -0.39 is 5.82 Å². The number of hydrogen-bond acceptors (Lipinski definition) is 3. The van der Waals surface area contributed by atoms with Crippen LogP contribution in [-0.4, -0.2) is 19.0 Å². The smallest absolute Gasteiger partial charge is 0.196 e. The Hall–Kier alpha value is -1.88. The molecule has 0 saturated carbocycles. The van der Waals surface area contributed by atoms with Crippen LogP contribution in [0.5, 0.6) is 11.5 Å². The van der Waals surface area contributed by atoms with E-state index in [1.54, 1.807) is 24.3 Å². The van der Waals surface area contributed by atoms with E-state index in [-0.39, 0.29) is 11.3 Å². The average Bonchev–Trinajstić information content (AvgIpc) is 2.48. The molecular formula is C15H10BrFO3. The normalized spacial score (nSPS) is 13.1. The van der Waals surface area contributed by atoms with Gasteiger partial charge in [-0.05, 0) is 36.4 Å². The number of carbonyl (C=O) groups is 1. The first kappa shape index (κ1) is 13.1. The third-order valence-corrected chi connectivity index (χ3v) is 3.47. The molecule has 0 saturated heterocycles. The summed E-state index contributed by atoms with van der Waals surface area (Å²) in [6.45, 7) is 0.927. The van der Waals surface area contributed by atoms with Crippen LogP contribution in [0.2, 0.25) is 0 Å². The van der Waals surface area contributed by atoms with Crippen molar-refractivity contribution in [1.82, 2.24) is 0 Å². The highest BCUT2D eigenvalue weighted by atomic mass is 79.9. The summed E-state index contributed by atoms with van der Waals surface area (Å²) in [7, 11) is 0. The van der Waals surface area contributed by atoms with Crippen molar-refractivity contribution in [1.29, 1.82) is 0 Å². The van der Waals surface area contributed by atoms with E-state index in [9.17, 15) is 9.18 Å². The molecule has 20 heavy (non-hydrogen) atoms. The first-order valence-electron chi connectivity index (χ1n) is 6.04. The van der Waals surface area contributed by atoms with Crippen LogP contribution in [0, 0.1) is 5.82 Å². The monoisotopic (exact) mass is 336 g/mol.